The molecule has 9 rings (SSSR count). The minimum absolute atomic E-state index is 0.0855. The van der Waals surface area contributed by atoms with Gasteiger partial charge in [-0.05, 0) is 61.2 Å². The van der Waals surface area contributed by atoms with E-state index in [2.05, 4.69) is 23.1 Å². The fourth-order valence-corrected chi connectivity index (χ4v) is 9.18. The van der Waals surface area contributed by atoms with Gasteiger partial charge in [-0.3, -0.25) is 14.5 Å². The first-order valence-electron chi connectivity index (χ1n) is 15.9. The van der Waals surface area contributed by atoms with Crippen LogP contribution in [0.4, 0.5) is 5.69 Å². The van der Waals surface area contributed by atoms with Gasteiger partial charge in [0.2, 0.25) is 5.91 Å². The van der Waals surface area contributed by atoms with Gasteiger partial charge in [-0.1, -0.05) is 84.9 Å². The summed E-state index contributed by atoms with van der Waals surface area (Å²) in [5, 5.41) is 0. The maximum Gasteiger partial charge on any atom is 0.312 e. The van der Waals surface area contributed by atoms with Crippen molar-refractivity contribution < 1.29 is 14.3 Å². The maximum atomic E-state index is 15.8. The first-order valence-corrected chi connectivity index (χ1v) is 15.9. The number of hydrogen-bond donors (Lipinski definition) is 0. The molecule has 2 saturated heterocycles. The summed E-state index contributed by atoms with van der Waals surface area (Å²) in [5.74, 6) is -1.14. The number of anilines is 1. The summed E-state index contributed by atoms with van der Waals surface area (Å²) >= 11 is 0. The molecule has 4 atom stereocenters. The van der Waals surface area contributed by atoms with Crippen LogP contribution in [0.2, 0.25) is 0 Å². The van der Waals surface area contributed by atoms with Gasteiger partial charge < -0.3 is 9.64 Å². The van der Waals surface area contributed by atoms with Crippen LogP contribution in [0.15, 0.2) is 103 Å². The van der Waals surface area contributed by atoms with Gasteiger partial charge in [0.05, 0.1) is 41.5 Å². The Morgan fingerprint density at radius 3 is 2.36 bits per heavy atom. The predicted molar refractivity (Wildman–Crippen MR) is 171 cm³/mol. The van der Waals surface area contributed by atoms with Crippen LogP contribution in [0, 0.1) is 5.92 Å². The first kappa shape index (κ1) is 26.5. The summed E-state index contributed by atoms with van der Waals surface area (Å²) in [4.78, 5) is 45.3. The lowest BCUT2D eigenvalue weighted by Crippen LogP contribution is -2.60. The standard InChI is InChI=1S/C38H32N4O3/c1-2-45-35(43)32-31-21-12-22-42(31)38(26-16-7-6-15-25(26)33-34(38)40-29-19-10-9-18-28(29)39-33)37(32)27-17-8-11-20-30(27)41(36(37)44)23-24-13-4-3-5-14-24/h3-11,13-20,31-32H,2,12,21-23H2,1H3/t31-,32+,37-,38+/m0/s1. The Hall–Kier alpha value is -4.88. The smallest absolute Gasteiger partial charge is 0.312 e. The fourth-order valence-electron chi connectivity index (χ4n) is 9.18. The van der Waals surface area contributed by atoms with Crippen molar-refractivity contribution in [2.75, 3.05) is 18.1 Å². The molecule has 0 N–H and O–H groups in total. The summed E-state index contributed by atoms with van der Waals surface area (Å²) in [5.41, 5.74) is 5.39. The number of nitrogens with zero attached hydrogens (tertiary/aromatic N) is 4. The third-order valence-corrected chi connectivity index (χ3v) is 10.6. The van der Waals surface area contributed by atoms with E-state index >= 15 is 4.79 Å². The quantitative estimate of drug-likeness (QED) is 0.239. The third kappa shape index (κ3) is 3.18. The minimum Gasteiger partial charge on any atom is -0.466 e. The number of rotatable bonds is 4. The molecule has 222 valence electrons. The van der Waals surface area contributed by atoms with E-state index in [1.807, 2.05) is 96.8 Å². The second-order valence-electron chi connectivity index (χ2n) is 12.5. The molecule has 4 aromatic carbocycles. The summed E-state index contributed by atoms with van der Waals surface area (Å²) in [6.45, 7) is 3.21. The zero-order valence-corrected chi connectivity index (χ0v) is 25.0. The molecule has 0 saturated carbocycles. The second kappa shape index (κ2) is 9.56. The van der Waals surface area contributed by atoms with Crippen LogP contribution in [-0.4, -0.2) is 45.9 Å². The molecule has 45 heavy (non-hydrogen) atoms. The van der Waals surface area contributed by atoms with Crippen molar-refractivity contribution in [2.45, 2.75) is 43.3 Å². The number of para-hydroxylation sites is 3. The monoisotopic (exact) mass is 592 g/mol. The maximum absolute atomic E-state index is 15.8. The Labute approximate surface area is 261 Å². The molecule has 7 nitrogen and oxygen atoms in total. The number of benzene rings is 4. The Kier molecular flexibility index (Phi) is 5.63. The second-order valence-corrected chi connectivity index (χ2v) is 12.5. The number of esters is 1. The third-order valence-electron chi connectivity index (χ3n) is 10.6. The molecule has 5 aromatic rings. The molecule has 0 bridgehead atoms. The molecular weight excluding hydrogens is 560 g/mol. The van der Waals surface area contributed by atoms with Crippen molar-refractivity contribution in [1.82, 2.24) is 14.9 Å². The molecule has 1 aliphatic carbocycles. The van der Waals surface area contributed by atoms with Crippen LogP contribution in [0.25, 0.3) is 22.3 Å². The van der Waals surface area contributed by atoms with Crippen molar-refractivity contribution in [1.29, 1.82) is 0 Å². The van der Waals surface area contributed by atoms with Crippen LogP contribution in [0.3, 0.4) is 0 Å². The molecule has 0 unspecified atom stereocenters. The average molecular weight is 593 g/mol. The number of carbonyl (C=O) groups is 2. The normalized spacial score (nSPS) is 26.0. The zero-order chi connectivity index (χ0) is 30.3. The Balaban J connectivity index is 1.42. The lowest BCUT2D eigenvalue weighted by molar-refractivity contribution is -0.153. The lowest BCUT2D eigenvalue weighted by Gasteiger charge is -2.46. The van der Waals surface area contributed by atoms with Crippen molar-refractivity contribution in [3.63, 3.8) is 0 Å². The van der Waals surface area contributed by atoms with E-state index < -0.39 is 16.9 Å². The number of hydrogen-bond acceptors (Lipinski definition) is 6. The van der Waals surface area contributed by atoms with E-state index in [0.29, 0.717) is 6.54 Å². The van der Waals surface area contributed by atoms with Crippen molar-refractivity contribution >= 4 is 28.6 Å². The Bertz CT molecular complexity index is 2030. The largest absolute Gasteiger partial charge is 0.466 e. The van der Waals surface area contributed by atoms with Gasteiger partial charge in [-0.15, -0.1) is 0 Å². The van der Waals surface area contributed by atoms with E-state index in [-0.39, 0.29) is 24.5 Å². The first-order chi connectivity index (χ1) is 22.1. The molecular formula is C38H32N4O3. The molecule has 2 spiro atoms. The highest BCUT2D eigenvalue weighted by Crippen LogP contribution is 2.71. The molecule has 2 fully saturated rings. The summed E-state index contributed by atoms with van der Waals surface area (Å²) in [7, 11) is 0. The SMILES string of the molecule is CCOC(=O)[C@H]1[C@@H]2CCCN2[C@@]2(c3ccccc3-c3nc4ccccc4nc32)[C@]12C(=O)N(Cc1ccccc1)c1ccccc12. The van der Waals surface area contributed by atoms with E-state index in [0.717, 1.165) is 69.7 Å². The highest BCUT2D eigenvalue weighted by Gasteiger charge is 2.81. The van der Waals surface area contributed by atoms with Gasteiger partial charge in [0.25, 0.3) is 0 Å². The zero-order valence-electron chi connectivity index (χ0n) is 25.0. The van der Waals surface area contributed by atoms with E-state index in [4.69, 9.17) is 14.7 Å². The van der Waals surface area contributed by atoms with Crippen molar-refractivity contribution in [3.8, 4) is 11.3 Å². The lowest BCUT2D eigenvalue weighted by atomic mass is 9.58. The number of aromatic nitrogens is 2. The van der Waals surface area contributed by atoms with E-state index in [9.17, 15) is 4.79 Å². The van der Waals surface area contributed by atoms with Crippen LogP contribution in [0.1, 0.15) is 42.1 Å². The molecule has 1 aromatic heterocycles. The Morgan fingerprint density at radius 1 is 0.867 bits per heavy atom. The number of carbonyl (C=O) groups excluding carboxylic acids is 2. The molecule has 7 heteroatoms. The number of ether oxygens (including phenoxy) is 1. The van der Waals surface area contributed by atoms with E-state index in [1.54, 1.807) is 0 Å². The fraction of sp³-hybridized carbons (Fsp3) is 0.263. The van der Waals surface area contributed by atoms with Crippen molar-refractivity contribution in [2.24, 2.45) is 5.92 Å². The molecule has 1 amide bonds. The van der Waals surface area contributed by atoms with Gasteiger partial charge >= 0.3 is 5.97 Å². The molecule has 4 heterocycles. The molecule has 4 aliphatic rings. The van der Waals surface area contributed by atoms with Gasteiger partial charge in [0, 0.05) is 17.3 Å². The average Bonchev–Trinajstić information content (AvgIpc) is 3.78. The summed E-state index contributed by atoms with van der Waals surface area (Å²) < 4.78 is 5.91. The summed E-state index contributed by atoms with van der Waals surface area (Å²) in [6, 6.07) is 34.1. The number of amides is 1. The molecule has 3 aliphatic heterocycles. The Morgan fingerprint density at radius 2 is 1.56 bits per heavy atom. The van der Waals surface area contributed by atoms with Crippen LogP contribution < -0.4 is 4.90 Å². The van der Waals surface area contributed by atoms with E-state index in [1.165, 1.54) is 0 Å². The summed E-state index contributed by atoms with van der Waals surface area (Å²) in [6.07, 6.45) is 1.71. The van der Waals surface area contributed by atoms with Crippen LogP contribution in [0.5, 0.6) is 0 Å². The van der Waals surface area contributed by atoms with Gasteiger partial charge in [0.1, 0.15) is 11.0 Å². The van der Waals surface area contributed by atoms with Gasteiger partial charge in [0.15, 0.2) is 0 Å². The van der Waals surface area contributed by atoms with Crippen molar-refractivity contribution in [3.05, 3.63) is 126 Å². The number of fused-ring (bicyclic) bond motifs is 11. The minimum atomic E-state index is -1.33. The van der Waals surface area contributed by atoms with Gasteiger partial charge in [-0.2, -0.15) is 0 Å². The van der Waals surface area contributed by atoms with Crippen LogP contribution in [-0.2, 0) is 31.8 Å². The topological polar surface area (TPSA) is 75.6 Å². The van der Waals surface area contributed by atoms with Gasteiger partial charge in [-0.25, -0.2) is 9.97 Å². The highest BCUT2D eigenvalue weighted by molar-refractivity contribution is 6.13. The highest BCUT2D eigenvalue weighted by atomic mass is 16.5. The van der Waals surface area contributed by atoms with Crippen LogP contribution >= 0.6 is 0 Å². The predicted octanol–water partition coefficient (Wildman–Crippen LogP) is 6.00. The molecule has 0 radical (unpaired) electrons.